The third kappa shape index (κ3) is 5.52. The first-order valence-electron chi connectivity index (χ1n) is 8.18. The molecule has 5 nitrogen and oxygen atoms in total. The van der Waals surface area contributed by atoms with Crippen LogP contribution < -0.4 is 10.2 Å². The summed E-state index contributed by atoms with van der Waals surface area (Å²) in [4.78, 5) is 24.2. The summed E-state index contributed by atoms with van der Waals surface area (Å²) in [5, 5.41) is 4.48. The van der Waals surface area contributed by atoms with Crippen molar-refractivity contribution in [2.45, 2.75) is 0 Å². The van der Waals surface area contributed by atoms with Crippen molar-refractivity contribution in [2.24, 2.45) is 5.10 Å². The summed E-state index contributed by atoms with van der Waals surface area (Å²) in [6.07, 6.45) is 1.47. The predicted molar refractivity (Wildman–Crippen MR) is 112 cm³/mol. The van der Waals surface area contributed by atoms with Crippen LogP contribution in [0.15, 0.2) is 82.4 Å². The third-order valence-corrected chi connectivity index (χ3v) is 4.36. The topological polar surface area (TPSA) is 67.8 Å². The molecule has 0 saturated carbocycles. The molecule has 3 aromatic carbocycles. The van der Waals surface area contributed by atoms with Crippen molar-refractivity contribution in [3.8, 4) is 5.75 Å². The van der Waals surface area contributed by atoms with Gasteiger partial charge in [0.05, 0.1) is 11.8 Å². The van der Waals surface area contributed by atoms with Crippen molar-refractivity contribution in [1.29, 1.82) is 0 Å². The first-order valence-corrected chi connectivity index (χ1v) is 9.35. The van der Waals surface area contributed by atoms with Crippen LogP contribution in [0.3, 0.4) is 0 Å². The number of ether oxygens (including phenoxy) is 1. The summed E-state index contributed by atoms with van der Waals surface area (Å²) in [7, 11) is 0. The maximum absolute atomic E-state index is 12.2. The molecule has 0 aliphatic carbocycles. The number of rotatable bonds is 5. The van der Waals surface area contributed by atoms with Crippen molar-refractivity contribution in [3.63, 3.8) is 0 Å². The molecule has 0 aliphatic rings. The van der Waals surface area contributed by atoms with Crippen LogP contribution in [0.5, 0.6) is 5.75 Å². The molecule has 7 heteroatoms. The molecule has 0 radical (unpaired) electrons. The van der Waals surface area contributed by atoms with E-state index in [0.717, 1.165) is 4.47 Å². The number of benzene rings is 3. The highest BCUT2D eigenvalue weighted by Gasteiger charge is 2.09. The van der Waals surface area contributed by atoms with Crippen LogP contribution in [0, 0.1) is 0 Å². The monoisotopic (exact) mass is 456 g/mol. The van der Waals surface area contributed by atoms with Gasteiger partial charge >= 0.3 is 5.97 Å². The largest absolute Gasteiger partial charge is 0.423 e. The highest BCUT2D eigenvalue weighted by molar-refractivity contribution is 9.10. The van der Waals surface area contributed by atoms with E-state index >= 15 is 0 Å². The zero-order chi connectivity index (χ0) is 19.9. The average molecular weight is 458 g/mol. The fourth-order valence-electron chi connectivity index (χ4n) is 2.27. The Morgan fingerprint density at radius 2 is 1.71 bits per heavy atom. The fraction of sp³-hybridized carbons (Fsp3) is 0. The molecule has 28 heavy (non-hydrogen) atoms. The van der Waals surface area contributed by atoms with Crippen molar-refractivity contribution >= 4 is 45.6 Å². The number of carbonyl (C=O) groups excluding carboxylic acids is 2. The number of halogens is 2. The van der Waals surface area contributed by atoms with Gasteiger partial charge in [-0.1, -0.05) is 45.7 Å². The third-order valence-electron chi connectivity index (χ3n) is 3.62. The second-order valence-corrected chi connectivity index (χ2v) is 7.03. The van der Waals surface area contributed by atoms with Gasteiger partial charge in [0.25, 0.3) is 5.91 Å². The van der Waals surface area contributed by atoms with E-state index in [0.29, 0.717) is 27.5 Å². The lowest BCUT2D eigenvalue weighted by atomic mass is 10.2. The first-order chi connectivity index (χ1) is 13.5. The number of carbonyl (C=O) groups is 2. The van der Waals surface area contributed by atoms with E-state index in [-0.39, 0.29) is 5.91 Å². The minimum Gasteiger partial charge on any atom is -0.423 e. The van der Waals surface area contributed by atoms with Gasteiger partial charge in [-0.05, 0) is 60.2 Å². The van der Waals surface area contributed by atoms with Crippen molar-refractivity contribution < 1.29 is 14.3 Å². The Morgan fingerprint density at radius 3 is 2.46 bits per heavy atom. The molecule has 0 aromatic heterocycles. The molecule has 0 atom stereocenters. The van der Waals surface area contributed by atoms with Crippen LogP contribution >= 0.6 is 27.5 Å². The molecule has 0 saturated heterocycles. The lowest BCUT2D eigenvalue weighted by Gasteiger charge is -2.05. The molecule has 140 valence electrons. The molecular weight excluding hydrogens is 444 g/mol. The van der Waals surface area contributed by atoms with Gasteiger partial charge in [-0.3, -0.25) is 4.79 Å². The van der Waals surface area contributed by atoms with Crippen LogP contribution in [0.2, 0.25) is 5.02 Å². The summed E-state index contributed by atoms with van der Waals surface area (Å²) >= 11 is 9.13. The summed E-state index contributed by atoms with van der Waals surface area (Å²) in [6.45, 7) is 0. The summed E-state index contributed by atoms with van der Waals surface area (Å²) < 4.78 is 6.16. The first kappa shape index (κ1) is 19.8. The van der Waals surface area contributed by atoms with Gasteiger partial charge in [0.2, 0.25) is 0 Å². The zero-order valence-corrected chi connectivity index (χ0v) is 16.8. The number of nitrogens with zero attached hydrogens (tertiary/aromatic N) is 1. The SMILES string of the molecule is O=C(NN=Cc1cccc(OC(=O)c2ccc(Cl)cc2)c1)c1cccc(Br)c1. The van der Waals surface area contributed by atoms with Crippen LogP contribution in [-0.2, 0) is 0 Å². The van der Waals surface area contributed by atoms with E-state index < -0.39 is 5.97 Å². The van der Waals surface area contributed by atoms with Crippen molar-refractivity contribution in [3.05, 3.63) is 99.0 Å². The highest BCUT2D eigenvalue weighted by Crippen LogP contribution is 2.16. The fourth-order valence-corrected chi connectivity index (χ4v) is 2.80. The zero-order valence-electron chi connectivity index (χ0n) is 14.4. The Morgan fingerprint density at radius 1 is 0.964 bits per heavy atom. The Bertz CT molecular complexity index is 1040. The number of hydrogen-bond acceptors (Lipinski definition) is 4. The normalized spacial score (nSPS) is 10.6. The second kappa shape index (κ2) is 9.30. The lowest BCUT2D eigenvalue weighted by molar-refractivity contribution is 0.0734. The maximum atomic E-state index is 12.2. The number of hydrogen-bond donors (Lipinski definition) is 1. The van der Waals surface area contributed by atoms with Gasteiger partial charge < -0.3 is 4.74 Å². The summed E-state index contributed by atoms with van der Waals surface area (Å²) in [5.41, 5.74) is 4.00. The van der Waals surface area contributed by atoms with Gasteiger partial charge in [0, 0.05) is 15.1 Å². The predicted octanol–water partition coefficient (Wildman–Crippen LogP) is 5.09. The number of amides is 1. The molecule has 0 heterocycles. The Hall–Kier alpha value is -2.96. The second-order valence-electron chi connectivity index (χ2n) is 5.68. The van der Waals surface area contributed by atoms with Crippen LogP contribution in [0.1, 0.15) is 26.3 Å². The van der Waals surface area contributed by atoms with E-state index in [1.807, 2.05) is 6.07 Å². The van der Waals surface area contributed by atoms with Crippen molar-refractivity contribution in [2.75, 3.05) is 0 Å². The standard InChI is InChI=1S/C21H14BrClN2O3/c22-17-5-2-4-16(12-17)20(26)25-24-13-14-3-1-6-19(11-14)28-21(27)15-7-9-18(23)10-8-15/h1-13H,(H,25,26). The molecule has 3 aromatic rings. The van der Waals surface area contributed by atoms with Crippen LogP contribution in [0.4, 0.5) is 0 Å². The Labute approximate surface area is 175 Å². The molecule has 0 unspecified atom stereocenters. The van der Waals surface area contributed by atoms with E-state index in [4.69, 9.17) is 16.3 Å². The van der Waals surface area contributed by atoms with Gasteiger partial charge in [-0.25, -0.2) is 10.2 Å². The molecule has 0 spiro atoms. The van der Waals surface area contributed by atoms with Gasteiger partial charge in [0.1, 0.15) is 5.75 Å². The van der Waals surface area contributed by atoms with Gasteiger partial charge in [-0.2, -0.15) is 5.10 Å². The quantitative estimate of drug-likeness (QED) is 0.251. The lowest BCUT2D eigenvalue weighted by Crippen LogP contribution is -2.17. The minimum absolute atomic E-state index is 0.331. The van der Waals surface area contributed by atoms with E-state index in [2.05, 4.69) is 26.5 Å². The van der Waals surface area contributed by atoms with Crippen molar-refractivity contribution in [1.82, 2.24) is 5.43 Å². The van der Waals surface area contributed by atoms with Crippen LogP contribution in [0.25, 0.3) is 0 Å². The minimum atomic E-state index is -0.492. The van der Waals surface area contributed by atoms with Gasteiger partial charge in [-0.15, -0.1) is 0 Å². The Balaban J connectivity index is 1.62. The Kier molecular flexibility index (Phi) is 6.57. The number of hydrazone groups is 1. The summed E-state index contributed by atoms with van der Waals surface area (Å²) in [5.74, 6) is -0.459. The molecule has 1 N–H and O–H groups in total. The highest BCUT2D eigenvalue weighted by atomic mass is 79.9. The number of nitrogens with one attached hydrogen (secondary N) is 1. The molecule has 0 fully saturated rings. The molecule has 0 bridgehead atoms. The van der Waals surface area contributed by atoms with E-state index in [1.165, 1.54) is 6.21 Å². The molecule has 1 amide bonds. The molecule has 3 rings (SSSR count). The number of esters is 1. The van der Waals surface area contributed by atoms with Gasteiger partial charge in [0.15, 0.2) is 0 Å². The van der Waals surface area contributed by atoms with Crippen LogP contribution in [-0.4, -0.2) is 18.1 Å². The smallest absolute Gasteiger partial charge is 0.343 e. The van der Waals surface area contributed by atoms with E-state index in [1.54, 1.807) is 66.7 Å². The van der Waals surface area contributed by atoms with E-state index in [9.17, 15) is 9.59 Å². The molecular formula is C21H14BrClN2O3. The average Bonchev–Trinajstić information content (AvgIpc) is 2.68. The maximum Gasteiger partial charge on any atom is 0.343 e. The summed E-state index contributed by atoms with van der Waals surface area (Å²) in [6, 6.07) is 20.2. The molecule has 0 aliphatic heterocycles.